The second kappa shape index (κ2) is 8.06. The van der Waals surface area contributed by atoms with Crippen molar-refractivity contribution in [3.63, 3.8) is 0 Å². The van der Waals surface area contributed by atoms with E-state index in [0.29, 0.717) is 5.41 Å². The van der Waals surface area contributed by atoms with Crippen molar-refractivity contribution in [2.45, 2.75) is 39.5 Å². The minimum Gasteiger partial charge on any atom is -0.381 e. The molecule has 3 nitrogen and oxygen atoms in total. The van der Waals surface area contributed by atoms with Gasteiger partial charge in [0.2, 0.25) is 0 Å². The first-order valence-electron chi connectivity index (χ1n) is 7.19. The molecular formula is C14H30N2O. The van der Waals surface area contributed by atoms with E-state index < -0.39 is 0 Å². The number of nitrogens with one attached hydrogen (secondary N) is 1. The van der Waals surface area contributed by atoms with Crippen LogP contribution in [0.4, 0.5) is 0 Å². The summed E-state index contributed by atoms with van der Waals surface area (Å²) in [6.45, 7) is 11.0. The Bertz CT molecular complexity index is 191. The van der Waals surface area contributed by atoms with Crippen molar-refractivity contribution in [1.29, 1.82) is 0 Å². The summed E-state index contributed by atoms with van der Waals surface area (Å²) in [5.74, 6) is 0. The molecule has 17 heavy (non-hydrogen) atoms. The van der Waals surface area contributed by atoms with Crippen molar-refractivity contribution >= 4 is 0 Å². The first kappa shape index (κ1) is 14.9. The van der Waals surface area contributed by atoms with Crippen LogP contribution in [0, 0.1) is 5.41 Å². The zero-order valence-electron chi connectivity index (χ0n) is 11.9. The third kappa shape index (κ3) is 5.36. The van der Waals surface area contributed by atoms with Gasteiger partial charge in [-0.15, -0.1) is 0 Å². The standard InChI is InChI=1S/C14H30N2O/c1-4-6-9-16(3)13-14(12-15-5-2)7-10-17-11-8-14/h15H,4-13H2,1-3H3. The molecule has 0 aromatic heterocycles. The van der Waals surface area contributed by atoms with E-state index in [-0.39, 0.29) is 0 Å². The first-order valence-corrected chi connectivity index (χ1v) is 7.19. The van der Waals surface area contributed by atoms with Gasteiger partial charge in [-0.2, -0.15) is 0 Å². The van der Waals surface area contributed by atoms with Crippen LogP contribution in [-0.4, -0.2) is 51.3 Å². The van der Waals surface area contributed by atoms with Crippen LogP contribution >= 0.6 is 0 Å². The summed E-state index contributed by atoms with van der Waals surface area (Å²) in [5.41, 5.74) is 0.441. The molecule has 1 aliphatic heterocycles. The van der Waals surface area contributed by atoms with E-state index in [1.807, 2.05) is 0 Å². The molecule has 0 aliphatic carbocycles. The highest BCUT2D eigenvalue weighted by molar-refractivity contribution is 4.86. The van der Waals surface area contributed by atoms with Crippen LogP contribution in [0.3, 0.4) is 0 Å². The van der Waals surface area contributed by atoms with Crippen LogP contribution in [0.2, 0.25) is 0 Å². The van der Waals surface area contributed by atoms with Gasteiger partial charge in [-0.25, -0.2) is 0 Å². The lowest BCUT2D eigenvalue weighted by molar-refractivity contribution is -0.000457. The van der Waals surface area contributed by atoms with E-state index in [2.05, 4.69) is 31.1 Å². The summed E-state index contributed by atoms with van der Waals surface area (Å²) in [4.78, 5) is 2.51. The van der Waals surface area contributed by atoms with Gasteiger partial charge in [0.1, 0.15) is 0 Å². The third-order valence-electron chi connectivity index (χ3n) is 3.80. The summed E-state index contributed by atoms with van der Waals surface area (Å²) in [7, 11) is 2.26. The van der Waals surface area contributed by atoms with Crippen LogP contribution in [-0.2, 0) is 4.74 Å². The minimum atomic E-state index is 0.441. The van der Waals surface area contributed by atoms with Crippen LogP contribution < -0.4 is 5.32 Å². The van der Waals surface area contributed by atoms with Gasteiger partial charge in [0.15, 0.2) is 0 Å². The lowest BCUT2D eigenvalue weighted by Crippen LogP contribution is -2.46. The van der Waals surface area contributed by atoms with Crippen LogP contribution in [0.1, 0.15) is 39.5 Å². The molecule has 1 rings (SSSR count). The highest BCUT2D eigenvalue weighted by Gasteiger charge is 2.33. The maximum Gasteiger partial charge on any atom is 0.0472 e. The first-order chi connectivity index (χ1) is 8.22. The minimum absolute atomic E-state index is 0.441. The SMILES string of the molecule is CCCCN(C)CC1(CNCC)CCOCC1. The molecule has 0 spiro atoms. The summed E-state index contributed by atoms with van der Waals surface area (Å²) in [6.07, 6.45) is 5.00. The Kier molecular flexibility index (Phi) is 7.09. The molecule has 1 heterocycles. The second-order valence-electron chi connectivity index (χ2n) is 5.48. The summed E-state index contributed by atoms with van der Waals surface area (Å²) < 4.78 is 5.52. The van der Waals surface area contributed by atoms with Crippen LogP contribution in [0.5, 0.6) is 0 Å². The Hall–Kier alpha value is -0.120. The van der Waals surface area contributed by atoms with Gasteiger partial charge in [0.25, 0.3) is 0 Å². The molecule has 0 bridgehead atoms. The predicted molar refractivity (Wildman–Crippen MR) is 73.4 cm³/mol. The van der Waals surface area contributed by atoms with Crippen molar-refractivity contribution in [1.82, 2.24) is 10.2 Å². The van der Waals surface area contributed by atoms with Crippen molar-refractivity contribution in [2.24, 2.45) is 5.41 Å². The third-order valence-corrected chi connectivity index (χ3v) is 3.80. The van der Waals surface area contributed by atoms with Gasteiger partial charge < -0.3 is 15.0 Å². The fourth-order valence-corrected chi connectivity index (χ4v) is 2.67. The molecule has 102 valence electrons. The highest BCUT2D eigenvalue weighted by Crippen LogP contribution is 2.30. The van der Waals surface area contributed by atoms with Crippen LogP contribution in [0.15, 0.2) is 0 Å². The molecule has 3 heteroatoms. The predicted octanol–water partition coefficient (Wildman–Crippen LogP) is 2.12. The van der Waals surface area contributed by atoms with Crippen molar-refractivity contribution in [3.8, 4) is 0 Å². The quantitative estimate of drug-likeness (QED) is 0.705. The topological polar surface area (TPSA) is 24.5 Å². The van der Waals surface area contributed by atoms with Gasteiger partial charge in [-0.3, -0.25) is 0 Å². The maximum atomic E-state index is 5.52. The van der Waals surface area contributed by atoms with Gasteiger partial charge in [-0.05, 0) is 44.8 Å². The molecule has 1 N–H and O–H groups in total. The molecular weight excluding hydrogens is 212 g/mol. The van der Waals surface area contributed by atoms with Gasteiger partial charge >= 0.3 is 0 Å². The average Bonchev–Trinajstić information content (AvgIpc) is 2.35. The Labute approximate surface area is 107 Å². The fourth-order valence-electron chi connectivity index (χ4n) is 2.67. The van der Waals surface area contributed by atoms with E-state index in [1.165, 1.54) is 38.8 Å². The fraction of sp³-hybridized carbons (Fsp3) is 1.00. The Morgan fingerprint density at radius 2 is 1.94 bits per heavy atom. The highest BCUT2D eigenvalue weighted by atomic mass is 16.5. The van der Waals surface area contributed by atoms with Crippen molar-refractivity contribution in [2.75, 3.05) is 46.4 Å². The molecule has 0 aromatic rings. The Morgan fingerprint density at radius 1 is 1.24 bits per heavy atom. The van der Waals surface area contributed by atoms with Crippen LogP contribution in [0.25, 0.3) is 0 Å². The van der Waals surface area contributed by atoms with Gasteiger partial charge in [0.05, 0.1) is 0 Å². The lowest BCUT2D eigenvalue weighted by atomic mass is 9.79. The number of nitrogens with zero attached hydrogens (tertiary/aromatic N) is 1. The molecule has 1 aliphatic rings. The number of rotatable bonds is 8. The molecule has 0 saturated carbocycles. The van der Waals surface area contributed by atoms with E-state index in [4.69, 9.17) is 4.74 Å². The molecule has 0 amide bonds. The molecule has 0 radical (unpaired) electrons. The zero-order valence-corrected chi connectivity index (χ0v) is 11.9. The molecule has 0 atom stereocenters. The van der Waals surface area contributed by atoms with Gasteiger partial charge in [-0.1, -0.05) is 20.3 Å². The number of hydrogen-bond donors (Lipinski definition) is 1. The normalized spacial score (nSPS) is 19.8. The maximum absolute atomic E-state index is 5.52. The number of ether oxygens (including phenoxy) is 1. The molecule has 1 saturated heterocycles. The number of unbranched alkanes of at least 4 members (excludes halogenated alkanes) is 1. The van der Waals surface area contributed by atoms with Gasteiger partial charge in [0, 0.05) is 26.3 Å². The zero-order chi connectivity index (χ0) is 12.6. The van der Waals surface area contributed by atoms with E-state index in [9.17, 15) is 0 Å². The Morgan fingerprint density at radius 3 is 2.53 bits per heavy atom. The van der Waals surface area contributed by atoms with E-state index >= 15 is 0 Å². The lowest BCUT2D eigenvalue weighted by Gasteiger charge is -2.40. The Balaban J connectivity index is 2.44. The number of hydrogen-bond acceptors (Lipinski definition) is 3. The smallest absolute Gasteiger partial charge is 0.0472 e. The van der Waals surface area contributed by atoms with Crippen molar-refractivity contribution in [3.05, 3.63) is 0 Å². The van der Waals surface area contributed by atoms with Crippen molar-refractivity contribution < 1.29 is 4.74 Å². The van der Waals surface area contributed by atoms with E-state index in [1.54, 1.807) is 0 Å². The monoisotopic (exact) mass is 242 g/mol. The molecule has 1 fully saturated rings. The average molecular weight is 242 g/mol. The van der Waals surface area contributed by atoms with E-state index in [0.717, 1.165) is 26.3 Å². The summed E-state index contributed by atoms with van der Waals surface area (Å²) in [6, 6.07) is 0. The summed E-state index contributed by atoms with van der Waals surface area (Å²) >= 11 is 0. The largest absolute Gasteiger partial charge is 0.381 e. The molecule has 0 unspecified atom stereocenters. The second-order valence-corrected chi connectivity index (χ2v) is 5.48. The summed E-state index contributed by atoms with van der Waals surface area (Å²) in [5, 5.41) is 3.54. The molecule has 0 aromatic carbocycles.